The number of nitrogens with zero attached hydrogens (tertiary/aromatic N) is 3. The number of pyridine rings is 1. The Morgan fingerprint density at radius 2 is 2.07 bits per heavy atom. The molecule has 0 aliphatic carbocycles. The first kappa shape index (κ1) is 17.1. The van der Waals surface area contributed by atoms with E-state index >= 15 is 0 Å². The molecule has 27 heavy (non-hydrogen) atoms. The van der Waals surface area contributed by atoms with Gasteiger partial charge in [0.2, 0.25) is 0 Å². The maximum atomic E-state index is 13.0. The number of rotatable bonds is 3. The average Bonchev–Trinajstić information content (AvgIpc) is 3.18. The normalized spacial score (nSPS) is 16.5. The van der Waals surface area contributed by atoms with Gasteiger partial charge in [-0.2, -0.15) is 0 Å². The van der Waals surface area contributed by atoms with Gasteiger partial charge in [0.05, 0.1) is 11.7 Å². The zero-order valence-electron chi connectivity index (χ0n) is 15.1. The highest BCUT2D eigenvalue weighted by Gasteiger charge is 2.32. The van der Waals surface area contributed by atoms with Crippen LogP contribution in [0.1, 0.15) is 40.5 Å². The van der Waals surface area contributed by atoms with E-state index in [4.69, 9.17) is 0 Å². The minimum Gasteiger partial charge on any atom is -0.330 e. The maximum absolute atomic E-state index is 13.0. The van der Waals surface area contributed by atoms with Gasteiger partial charge in [0, 0.05) is 24.5 Å². The zero-order valence-corrected chi connectivity index (χ0v) is 15.1. The van der Waals surface area contributed by atoms with Gasteiger partial charge in [-0.15, -0.1) is 0 Å². The highest BCUT2D eigenvalue weighted by Crippen LogP contribution is 2.31. The molecule has 3 heterocycles. The van der Waals surface area contributed by atoms with E-state index < -0.39 is 5.56 Å². The summed E-state index contributed by atoms with van der Waals surface area (Å²) in [4.78, 5) is 38.7. The van der Waals surface area contributed by atoms with Crippen molar-refractivity contribution >= 4 is 5.91 Å². The van der Waals surface area contributed by atoms with Crippen LogP contribution in [-0.4, -0.2) is 32.3 Å². The van der Waals surface area contributed by atoms with E-state index in [2.05, 4.69) is 15.0 Å². The molecule has 0 radical (unpaired) electrons. The van der Waals surface area contributed by atoms with Crippen LogP contribution in [0.25, 0.3) is 11.4 Å². The van der Waals surface area contributed by atoms with Crippen LogP contribution in [0.4, 0.5) is 0 Å². The largest absolute Gasteiger partial charge is 0.330 e. The molecule has 3 aromatic rings. The first-order valence-electron chi connectivity index (χ1n) is 9.02. The molecule has 6 nitrogen and oxygen atoms in total. The number of amides is 1. The average molecular weight is 360 g/mol. The Balaban J connectivity index is 1.63. The van der Waals surface area contributed by atoms with E-state index in [0.29, 0.717) is 12.4 Å². The summed E-state index contributed by atoms with van der Waals surface area (Å²) in [6.45, 7) is 2.59. The molecule has 2 aromatic heterocycles. The minimum absolute atomic E-state index is 0.0641. The summed E-state index contributed by atoms with van der Waals surface area (Å²) in [6, 6.07) is 13.3. The van der Waals surface area contributed by atoms with Gasteiger partial charge in [0.25, 0.3) is 11.5 Å². The summed E-state index contributed by atoms with van der Waals surface area (Å²) < 4.78 is 0. The van der Waals surface area contributed by atoms with Crippen molar-refractivity contribution < 1.29 is 4.79 Å². The number of aromatic nitrogens is 3. The van der Waals surface area contributed by atoms with Gasteiger partial charge < -0.3 is 9.88 Å². The fourth-order valence-electron chi connectivity index (χ4n) is 3.53. The first-order chi connectivity index (χ1) is 13.1. The van der Waals surface area contributed by atoms with Gasteiger partial charge in [-0.3, -0.25) is 14.6 Å². The molecule has 1 aromatic carbocycles. The Morgan fingerprint density at radius 1 is 1.19 bits per heavy atom. The molecule has 1 N–H and O–H groups in total. The molecular formula is C21H20N4O2. The highest BCUT2D eigenvalue weighted by molar-refractivity contribution is 5.94. The van der Waals surface area contributed by atoms with Crippen molar-refractivity contribution in [3.63, 3.8) is 0 Å². The quantitative estimate of drug-likeness (QED) is 0.778. The molecule has 0 bridgehead atoms. The second-order valence-electron chi connectivity index (χ2n) is 6.76. The lowest BCUT2D eigenvalue weighted by Gasteiger charge is -2.24. The Morgan fingerprint density at radius 3 is 2.81 bits per heavy atom. The van der Waals surface area contributed by atoms with Crippen molar-refractivity contribution in [2.45, 2.75) is 25.8 Å². The zero-order chi connectivity index (χ0) is 18.8. The molecule has 1 unspecified atom stereocenters. The third kappa shape index (κ3) is 3.38. The number of aryl methyl sites for hydroxylation is 1. The fraction of sp³-hybridized carbons (Fsp3) is 0.238. The standard InChI is InChI=1S/C21H20N4O2/c1-14-6-4-7-15(12-14)19-23-13-16(20(26)24-19)21(27)25-11-5-9-18(25)17-8-2-3-10-22-17/h2-4,6-8,10,12-13,18H,5,9,11H2,1H3,(H,23,24,26). The second kappa shape index (κ2) is 7.15. The van der Waals surface area contributed by atoms with Crippen molar-refractivity contribution in [2.24, 2.45) is 0 Å². The van der Waals surface area contributed by atoms with Crippen LogP contribution in [0, 0.1) is 6.92 Å². The second-order valence-corrected chi connectivity index (χ2v) is 6.76. The first-order valence-corrected chi connectivity index (χ1v) is 9.02. The van der Waals surface area contributed by atoms with Gasteiger partial charge in [-0.25, -0.2) is 4.98 Å². The molecule has 136 valence electrons. The summed E-state index contributed by atoms with van der Waals surface area (Å²) in [7, 11) is 0. The van der Waals surface area contributed by atoms with Crippen LogP contribution in [0.5, 0.6) is 0 Å². The molecule has 1 fully saturated rings. The monoisotopic (exact) mass is 360 g/mol. The lowest BCUT2D eigenvalue weighted by Crippen LogP contribution is -2.35. The number of carbonyl (C=O) groups excluding carboxylic acids is 1. The number of carbonyl (C=O) groups is 1. The lowest BCUT2D eigenvalue weighted by molar-refractivity contribution is 0.0730. The predicted molar refractivity (Wildman–Crippen MR) is 102 cm³/mol. The minimum atomic E-state index is -0.418. The van der Waals surface area contributed by atoms with Crippen LogP contribution in [0.15, 0.2) is 59.7 Å². The molecule has 4 rings (SSSR count). The van der Waals surface area contributed by atoms with E-state index in [1.807, 2.05) is 49.4 Å². The van der Waals surface area contributed by atoms with Crippen LogP contribution < -0.4 is 5.56 Å². The topological polar surface area (TPSA) is 79.0 Å². The molecule has 6 heteroatoms. The summed E-state index contributed by atoms with van der Waals surface area (Å²) in [6.07, 6.45) is 4.84. The van der Waals surface area contributed by atoms with Crippen molar-refractivity contribution in [3.8, 4) is 11.4 Å². The molecule has 1 saturated heterocycles. The van der Waals surface area contributed by atoms with Crippen molar-refractivity contribution in [2.75, 3.05) is 6.54 Å². The van der Waals surface area contributed by atoms with Gasteiger partial charge in [0.1, 0.15) is 11.4 Å². The summed E-state index contributed by atoms with van der Waals surface area (Å²) in [5.41, 5.74) is 2.39. The van der Waals surface area contributed by atoms with Crippen molar-refractivity contribution in [1.29, 1.82) is 0 Å². The third-order valence-electron chi connectivity index (χ3n) is 4.86. The summed E-state index contributed by atoms with van der Waals surface area (Å²) in [5.74, 6) is 0.163. The number of benzene rings is 1. The summed E-state index contributed by atoms with van der Waals surface area (Å²) >= 11 is 0. The SMILES string of the molecule is Cc1cccc(-c2ncc(C(=O)N3CCCC3c3ccccn3)c(=O)[nH]2)c1. The van der Waals surface area contributed by atoms with Crippen molar-refractivity contribution in [1.82, 2.24) is 19.9 Å². The van der Waals surface area contributed by atoms with Crippen molar-refractivity contribution in [3.05, 3.63) is 82.0 Å². The van der Waals surface area contributed by atoms with Gasteiger partial charge >= 0.3 is 0 Å². The molecule has 1 aliphatic heterocycles. The van der Waals surface area contributed by atoms with Crippen LogP contribution in [0.3, 0.4) is 0 Å². The van der Waals surface area contributed by atoms with E-state index in [-0.39, 0.29) is 17.5 Å². The lowest BCUT2D eigenvalue weighted by atomic mass is 10.1. The van der Waals surface area contributed by atoms with Crippen LogP contribution >= 0.6 is 0 Å². The van der Waals surface area contributed by atoms with Gasteiger partial charge in [0.15, 0.2) is 0 Å². The van der Waals surface area contributed by atoms with E-state index in [9.17, 15) is 9.59 Å². The van der Waals surface area contributed by atoms with Gasteiger partial charge in [-0.05, 0) is 38.0 Å². The Bertz CT molecular complexity index is 1030. The third-order valence-corrected chi connectivity index (χ3v) is 4.86. The number of nitrogens with one attached hydrogen (secondary N) is 1. The van der Waals surface area contributed by atoms with E-state index in [1.54, 1.807) is 11.1 Å². The molecule has 0 saturated carbocycles. The number of aromatic amines is 1. The summed E-state index contributed by atoms with van der Waals surface area (Å²) in [5, 5.41) is 0. The number of hydrogen-bond acceptors (Lipinski definition) is 4. The fourth-order valence-corrected chi connectivity index (χ4v) is 3.53. The smallest absolute Gasteiger partial charge is 0.264 e. The van der Waals surface area contributed by atoms with Crippen LogP contribution in [-0.2, 0) is 0 Å². The molecule has 1 aliphatic rings. The maximum Gasteiger partial charge on any atom is 0.264 e. The highest BCUT2D eigenvalue weighted by atomic mass is 16.2. The molecule has 1 amide bonds. The Kier molecular flexibility index (Phi) is 4.54. The number of H-pyrrole nitrogens is 1. The molecule has 0 spiro atoms. The Hall–Kier alpha value is -3.28. The predicted octanol–water partition coefficient (Wildman–Crippen LogP) is 3.12. The van der Waals surface area contributed by atoms with E-state index in [0.717, 1.165) is 29.7 Å². The van der Waals surface area contributed by atoms with E-state index in [1.165, 1.54) is 6.20 Å². The number of likely N-dealkylation sites (tertiary alicyclic amines) is 1. The number of hydrogen-bond donors (Lipinski definition) is 1. The molecule has 1 atom stereocenters. The van der Waals surface area contributed by atoms with Crippen LogP contribution in [0.2, 0.25) is 0 Å². The van der Waals surface area contributed by atoms with Gasteiger partial charge in [-0.1, -0.05) is 29.8 Å². The Labute approximate surface area is 156 Å². The molecular weight excluding hydrogens is 340 g/mol.